The molecule has 0 aromatic carbocycles. The second kappa shape index (κ2) is 9.20. The first-order chi connectivity index (χ1) is 13.1. The van der Waals surface area contributed by atoms with Crippen molar-refractivity contribution in [1.82, 2.24) is 19.3 Å². The van der Waals surface area contributed by atoms with Gasteiger partial charge in [-0.2, -0.15) is 4.68 Å². The van der Waals surface area contributed by atoms with Crippen molar-refractivity contribution < 1.29 is 19.2 Å². The molecule has 0 saturated carbocycles. The molecule has 2 aromatic heterocycles. The van der Waals surface area contributed by atoms with Crippen LogP contribution in [-0.4, -0.2) is 59.2 Å². The molecule has 9 heteroatoms. The monoisotopic (exact) mass is 392 g/mol. The van der Waals surface area contributed by atoms with E-state index >= 15 is 0 Å². The quantitative estimate of drug-likeness (QED) is 0.548. The van der Waals surface area contributed by atoms with Gasteiger partial charge in [0, 0.05) is 37.9 Å². The lowest BCUT2D eigenvalue weighted by Crippen LogP contribution is -3.12. The summed E-state index contributed by atoms with van der Waals surface area (Å²) >= 11 is 5.68. The molecule has 0 aliphatic carbocycles. The molecule has 1 aliphatic heterocycles. The number of methoxy groups -OCH3 is 2. The molecule has 1 N–H and O–H groups in total. The molecule has 0 bridgehead atoms. The maximum Gasteiger partial charge on any atom is 0.309 e. The molecular weight excluding hydrogens is 366 g/mol. The maximum absolute atomic E-state index is 11.7. The van der Waals surface area contributed by atoms with Crippen molar-refractivity contribution in [3.63, 3.8) is 0 Å². The molecular formula is C18H26N5O3S+. The molecule has 8 nitrogen and oxygen atoms in total. The highest BCUT2D eigenvalue weighted by Crippen LogP contribution is 2.17. The first kappa shape index (κ1) is 19.7. The molecule has 2 aromatic rings. The van der Waals surface area contributed by atoms with Gasteiger partial charge in [-0.3, -0.25) is 14.3 Å². The maximum atomic E-state index is 11.7. The van der Waals surface area contributed by atoms with Gasteiger partial charge in [0.2, 0.25) is 4.77 Å². The van der Waals surface area contributed by atoms with Crippen LogP contribution in [0.5, 0.6) is 0 Å². The minimum atomic E-state index is -0.102. The summed E-state index contributed by atoms with van der Waals surface area (Å²) in [5, 5.41) is 4.78. The Morgan fingerprint density at radius 1 is 1.30 bits per heavy atom. The van der Waals surface area contributed by atoms with Crippen molar-refractivity contribution in [2.45, 2.75) is 26.1 Å². The normalized spacial score (nSPS) is 19.8. The van der Waals surface area contributed by atoms with Crippen LogP contribution in [-0.2, 0) is 27.5 Å². The zero-order valence-corrected chi connectivity index (χ0v) is 16.6. The largest absolute Gasteiger partial charge is 0.469 e. The van der Waals surface area contributed by atoms with E-state index in [9.17, 15) is 4.79 Å². The number of aromatic nitrogens is 4. The Morgan fingerprint density at radius 2 is 2.00 bits per heavy atom. The molecule has 0 atom stereocenters. The number of pyridine rings is 1. The van der Waals surface area contributed by atoms with Crippen LogP contribution < -0.4 is 4.90 Å². The molecule has 3 rings (SSSR count). The van der Waals surface area contributed by atoms with Crippen molar-refractivity contribution in [1.29, 1.82) is 0 Å². The molecule has 0 spiro atoms. The van der Waals surface area contributed by atoms with Crippen LogP contribution in [0.25, 0.3) is 11.4 Å². The number of carbonyl (C=O) groups excluding carboxylic acids is 1. The van der Waals surface area contributed by atoms with Crippen molar-refractivity contribution in [3.05, 3.63) is 29.3 Å². The second-order valence-corrected chi connectivity index (χ2v) is 7.06. The number of carbonyl (C=O) groups is 1. The highest BCUT2D eigenvalue weighted by Gasteiger charge is 2.28. The summed E-state index contributed by atoms with van der Waals surface area (Å²) in [6.45, 7) is 3.70. The van der Waals surface area contributed by atoms with E-state index in [1.165, 1.54) is 12.0 Å². The van der Waals surface area contributed by atoms with Gasteiger partial charge < -0.3 is 14.4 Å². The summed E-state index contributed by atoms with van der Waals surface area (Å²) in [7, 11) is 3.13. The Balaban J connectivity index is 1.77. The SMILES string of the molecule is COCCn1c(-c2ccncc2)nn(C[NH+]2CCC(C(=O)OC)CC2)c1=S. The number of quaternary nitrogens is 1. The molecule has 0 amide bonds. The summed E-state index contributed by atoms with van der Waals surface area (Å²) in [5.41, 5.74) is 0.977. The fourth-order valence-electron chi connectivity index (χ4n) is 3.44. The molecule has 3 heterocycles. The number of nitrogens with one attached hydrogen (secondary N) is 1. The van der Waals surface area contributed by atoms with Crippen LogP contribution in [0.2, 0.25) is 0 Å². The lowest BCUT2D eigenvalue weighted by atomic mass is 9.97. The number of hydrogen-bond acceptors (Lipinski definition) is 6. The fourth-order valence-corrected chi connectivity index (χ4v) is 3.72. The van der Waals surface area contributed by atoms with E-state index in [0.29, 0.717) is 24.6 Å². The Bertz CT molecular complexity index is 812. The van der Waals surface area contributed by atoms with E-state index in [2.05, 4.69) is 4.98 Å². The minimum absolute atomic E-state index is 0.0124. The van der Waals surface area contributed by atoms with Crippen LogP contribution in [0, 0.1) is 10.7 Å². The van der Waals surface area contributed by atoms with E-state index in [4.69, 9.17) is 26.8 Å². The van der Waals surface area contributed by atoms with Gasteiger partial charge in [0.15, 0.2) is 12.5 Å². The van der Waals surface area contributed by atoms with E-state index in [0.717, 1.165) is 37.3 Å². The smallest absolute Gasteiger partial charge is 0.309 e. The number of hydrogen-bond donors (Lipinski definition) is 1. The third-order valence-corrected chi connectivity index (χ3v) is 5.41. The van der Waals surface area contributed by atoms with E-state index in [1.54, 1.807) is 19.5 Å². The number of nitrogens with zero attached hydrogens (tertiary/aromatic N) is 4. The predicted octanol–water partition coefficient (Wildman–Crippen LogP) is 0.548. The number of ether oxygens (including phenoxy) is 2. The topological polar surface area (TPSA) is 75.6 Å². The third kappa shape index (κ3) is 4.60. The predicted molar refractivity (Wildman–Crippen MR) is 102 cm³/mol. The number of piperidine rings is 1. The Labute approximate surface area is 163 Å². The van der Waals surface area contributed by atoms with Crippen LogP contribution >= 0.6 is 12.2 Å². The highest BCUT2D eigenvalue weighted by atomic mass is 32.1. The molecule has 1 fully saturated rings. The van der Waals surface area contributed by atoms with Gasteiger partial charge in [0.25, 0.3) is 0 Å². The Morgan fingerprint density at radius 3 is 2.63 bits per heavy atom. The van der Waals surface area contributed by atoms with Crippen molar-refractivity contribution in [2.24, 2.45) is 5.92 Å². The van der Waals surface area contributed by atoms with Crippen LogP contribution in [0.4, 0.5) is 0 Å². The summed E-state index contributed by atoms with van der Waals surface area (Å²) in [6.07, 6.45) is 5.16. The number of likely N-dealkylation sites (tertiary alicyclic amines) is 1. The van der Waals surface area contributed by atoms with Gasteiger partial charge in [-0.1, -0.05) is 0 Å². The zero-order chi connectivity index (χ0) is 19.2. The van der Waals surface area contributed by atoms with E-state index in [-0.39, 0.29) is 11.9 Å². The molecule has 0 radical (unpaired) electrons. The van der Waals surface area contributed by atoms with E-state index < -0.39 is 0 Å². The van der Waals surface area contributed by atoms with Crippen molar-refractivity contribution >= 4 is 18.2 Å². The lowest BCUT2D eigenvalue weighted by Gasteiger charge is -2.27. The third-order valence-electron chi connectivity index (χ3n) is 4.98. The van der Waals surface area contributed by atoms with Gasteiger partial charge in [0.1, 0.15) is 0 Å². The van der Waals surface area contributed by atoms with Crippen LogP contribution in [0.3, 0.4) is 0 Å². The molecule has 1 saturated heterocycles. The zero-order valence-electron chi connectivity index (χ0n) is 15.8. The van der Waals surface area contributed by atoms with Gasteiger partial charge in [-0.25, -0.2) is 0 Å². The highest BCUT2D eigenvalue weighted by molar-refractivity contribution is 7.71. The summed E-state index contributed by atoms with van der Waals surface area (Å²) in [5.74, 6) is 0.733. The summed E-state index contributed by atoms with van der Waals surface area (Å²) in [6, 6.07) is 3.86. The van der Waals surface area contributed by atoms with Crippen LogP contribution in [0.15, 0.2) is 24.5 Å². The standard InChI is InChI=1S/C18H25N5O3S/c1-25-12-11-22-16(14-3-7-19-8-4-14)20-23(18(22)27)13-21-9-5-15(6-10-21)17(24)26-2/h3-4,7-8,15H,5-6,9-13H2,1-2H3/p+1. The first-order valence-electron chi connectivity index (χ1n) is 9.12. The first-order valence-corrected chi connectivity index (χ1v) is 9.53. The average molecular weight is 393 g/mol. The molecule has 27 heavy (non-hydrogen) atoms. The van der Waals surface area contributed by atoms with Gasteiger partial charge in [-0.05, 0) is 24.4 Å². The molecule has 0 unspecified atom stereocenters. The van der Waals surface area contributed by atoms with Crippen LogP contribution in [0.1, 0.15) is 12.8 Å². The minimum Gasteiger partial charge on any atom is -0.469 e. The van der Waals surface area contributed by atoms with Gasteiger partial charge in [0.05, 0.1) is 39.3 Å². The molecule has 1 aliphatic rings. The Kier molecular flexibility index (Phi) is 6.70. The number of esters is 1. The van der Waals surface area contributed by atoms with Crippen molar-refractivity contribution in [2.75, 3.05) is 33.9 Å². The lowest BCUT2D eigenvalue weighted by molar-refractivity contribution is -0.929. The number of rotatable bonds is 7. The average Bonchev–Trinajstić information content (AvgIpc) is 3.02. The second-order valence-electron chi connectivity index (χ2n) is 6.69. The van der Waals surface area contributed by atoms with Gasteiger partial charge in [-0.15, -0.1) is 5.10 Å². The van der Waals surface area contributed by atoms with Gasteiger partial charge >= 0.3 is 5.97 Å². The van der Waals surface area contributed by atoms with Crippen molar-refractivity contribution in [3.8, 4) is 11.4 Å². The molecule has 146 valence electrons. The Hall–Kier alpha value is -2.10. The summed E-state index contributed by atoms with van der Waals surface area (Å²) in [4.78, 5) is 17.1. The summed E-state index contributed by atoms with van der Waals surface area (Å²) < 4.78 is 14.7. The van der Waals surface area contributed by atoms with E-state index in [1.807, 2.05) is 21.4 Å². The fraction of sp³-hybridized carbons (Fsp3) is 0.556.